The number of hydrogen-bond donors (Lipinski definition) is 2. The molecule has 10 nitrogen and oxygen atoms in total. The number of piperazine rings is 1. The number of halogens is 1. The van der Waals surface area contributed by atoms with Crippen molar-refractivity contribution in [1.29, 1.82) is 0 Å². The van der Waals surface area contributed by atoms with Crippen molar-refractivity contribution in [3.8, 4) is 0 Å². The summed E-state index contributed by atoms with van der Waals surface area (Å²) in [6.07, 6.45) is 7.01. The molecular formula is C26H27FN8O2. The standard InChI is InChI=1S/C26H27FN8O2/c1-15-10-29-25(31-23(15)32-35-21-4-2-3-5-22(21)37-26(35)36)30-17-8-20(27)24(28-11-17)34-14-18-9-19(34)13-33(18)12-16-6-7-16/h2-5,8,10-11,16,18-19H,6-7,9,12-14H2,1H3,(H2,29,30,31,32). The van der Waals surface area contributed by atoms with Crippen LogP contribution in [0.5, 0.6) is 0 Å². The van der Waals surface area contributed by atoms with E-state index in [9.17, 15) is 4.79 Å². The SMILES string of the molecule is Cc1cnc(Nc2cnc(N3CC4CC3CN4CC3CC3)c(F)c2)nc1Nn1c(=O)oc2ccccc21. The smallest absolute Gasteiger partial charge is 0.406 e. The zero-order valence-electron chi connectivity index (χ0n) is 20.4. The largest absolute Gasteiger partial charge is 0.439 e. The second kappa shape index (κ2) is 8.55. The average molecular weight is 503 g/mol. The Hall–Kier alpha value is -3.99. The predicted molar refractivity (Wildman–Crippen MR) is 138 cm³/mol. The van der Waals surface area contributed by atoms with E-state index in [4.69, 9.17) is 4.42 Å². The van der Waals surface area contributed by atoms with Crippen LogP contribution in [0.3, 0.4) is 0 Å². The number of fused-ring (bicyclic) bond motifs is 3. The summed E-state index contributed by atoms with van der Waals surface area (Å²) in [5, 5.41) is 3.03. The van der Waals surface area contributed by atoms with E-state index in [1.807, 2.05) is 13.0 Å². The van der Waals surface area contributed by atoms with E-state index in [1.165, 1.54) is 30.1 Å². The van der Waals surface area contributed by atoms with Crippen molar-refractivity contribution in [2.24, 2.45) is 5.92 Å². The first-order valence-corrected chi connectivity index (χ1v) is 12.7. The average Bonchev–Trinajstić information content (AvgIpc) is 3.35. The van der Waals surface area contributed by atoms with Gasteiger partial charge in [-0.05, 0) is 44.2 Å². The van der Waals surface area contributed by atoms with Gasteiger partial charge in [-0.1, -0.05) is 12.1 Å². The van der Waals surface area contributed by atoms with Gasteiger partial charge in [0.05, 0.1) is 11.9 Å². The van der Waals surface area contributed by atoms with Gasteiger partial charge in [0, 0.05) is 49.5 Å². The normalized spacial score (nSPS) is 21.2. The lowest BCUT2D eigenvalue weighted by atomic mass is 10.2. The minimum absolute atomic E-state index is 0.249. The van der Waals surface area contributed by atoms with Crippen molar-refractivity contribution in [1.82, 2.24) is 24.5 Å². The third kappa shape index (κ3) is 4.08. The van der Waals surface area contributed by atoms with Gasteiger partial charge < -0.3 is 14.6 Å². The van der Waals surface area contributed by atoms with Crippen molar-refractivity contribution >= 4 is 34.4 Å². The van der Waals surface area contributed by atoms with Crippen molar-refractivity contribution in [3.63, 3.8) is 0 Å². The molecule has 1 aromatic carbocycles. The van der Waals surface area contributed by atoms with Crippen molar-refractivity contribution < 1.29 is 8.81 Å². The number of anilines is 4. The summed E-state index contributed by atoms with van der Waals surface area (Å²) in [5.74, 6) is 1.02. The first-order valence-electron chi connectivity index (χ1n) is 12.7. The maximum Gasteiger partial charge on any atom is 0.439 e. The van der Waals surface area contributed by atoms with E-state index in [0.29, 0.717) is 40.5 Å². The molecule has 7 rings (SSSR count). The molecule has 0 amide bonds. The summed E-state index contributed by atoms with van der Waals surface area (Å²) < 4.78 is 21.7. The Morgan fingerprint density at radius 1 is 1.14 bits per heavy atom. The van der Waals surface area contributed by atoms with Crippen LogP contribution in [-0.4, -0.2) is 56.2 Å². The predicted octanol–water partition coefficient (Wildman–Crippen LogP) is 3.52. The molecule has 2 unspecified atom stereocenters. The van der Waals surface area contributed by atoms with E-state index >= 15 is 4.39 Å². The van der Waals surface area contributed by atoms with Crippen LogP contribution in [0.15, 0.2) is 51.9 Å². The van der Waals surface area contributed by atoms with Crippen LogP contribution in [0.25, 0.3) is 11.1 Å². The first kappa shape index (κ1) is 22.2. The number of nitrogens with one attached hydrogen (secondary N) is 2. The second-order valence-electron chi connectivity index (χ2n) is 10.3. The van der Waals surface area contributed by atoms with Gasteiger partial charge in [0.2, 0.25) is 5.95 Å². The number of benzene rings is 1. The van der Waals surface area contributed by atoms with Crippen LogP contribution in [0.2, 0.25) is 0 Å². The van der Waals surface area contributed by atoms with Gasteiger partial charge in [0.1, 0.15) is 5.52 Å². The maximum absolute atomic E-state index is 15.2. The van der Waals surface area contributed by atoms with E-state index in [-0.39, 0.29) is 11.8 Å². The van der Waals surface area contributed by atoms with Crippen LogP contribution >= 0.6 is 0 Å². The molecule has 2 atom stereocenters. The molecule has 190 valence electrons. The molecule has 2 N–H and O–H groups in total. The molecule has 5 heterocycles. The topological polar surface area (TPSA) is 104 Å². The highest BCUT2D eigenvalue weighted by atomic mass is 19.1. The molecule has 4 aromatic rings. The molecule has 2 aliphatic heterocycles. The van der Waals surface area contributed by atoms with Crippen LogP contribution < -0.4 is 21.4 Å². The van der Waals surface area contributed by atoms with Gasteiger partial charge in [0.15, 0.2) is 23.0 Å². The molecule has 2 saturated heterocycles. The Kier molecular flexibility index (Phi) is 5.13. The van der Waals surface area contributed by atoms with Gasteiger partial charge in [-0.3, -0.25) is 10.3 Å². The van der Waals surface area contributed by atoms with Crippen LogP contribution in [-0.2, 0) is 0 Å². The monoisotopic (exact) mass is 502 g/mol. The summed E-state index contributed by atoms with van der Waals surface area (Å²) in [4.78, 5) is 30.3. The third-order valence-electron chi connectivity index (χ3n) is 7.57. The van der Waals surface area contributed by atoms with Crippen molar-refractivity contribution in [2.75, 3.05) is 35.3 Å². The van der Waals surface area contributed by atoms with E-state index in [2.05, 4.69) is 35.5 Å². The highest BCUT2D eigenvalue weighted by Gasteiger charge is 2.45. The minimum atomic E-state index is -0.554. The van der Waals surface area contributed by atoms with E-state index in [1.54, 1.807) is 30.6 Å². The first-order chi connectivity index (χ1) is 18.0. The Morgan fingerprint density at radius 2 is 2.00 bits per heavy atom. The fraction of sp³-hybridized carbons (Fsp3) is 0.385. The number of para-hydroxylation sites is 2. The zero-order chi connectivity index (χ0) is 25.1. The Labute approximate surface area is 212 Å². The van der Waals surface area contributed by atoms with Gasteiger partial charge in [-0.15, -0.1) is 0 Å². The number of pyridine rings is 1. The lowest BCUT2D eigenvalue weighted by Crippen LogP contribution is -2.47. The molecule has 1 aliphatic carbocycles. The fourth-order valence-corrected chi connectivity index (χ4v) is 5.50. The van der Waals surface area contributed by atoms with E-state index < -0.39 is 5.76 Å². The van der Waals surface area contributed by atoms with Crippen LogP contribution in [0, 0.1) is 18.7 Å². The third-order valence-corrected chi connectivity index (χ3v) is 7.57. The molecule has 0 spiro atoms. The van der Waals surface area contributed by atoms with Crippen molar-refractivity contribution in [3.05, 3.63) is 64.7 Å². The number of oxazole rings is 1. The highest BCUT2D eigenvalue weighted by molar-refractivity contribution is 5.73. The summed E-state index contributed by atoms with van der Waals surface area (Å²) in [6, 6.07) is 9.35. The Morgan fingerprint density at radius 3 is 2.78 bits per heavy atom. The molecule has 3 aliphatic rings. The molecule has 3 fully saturated rings. The molecule has 1 saturated carbocycles. The molecule has 0 radical (unpaired) electrons. The summed E-state index contributed by atoms with van der Waals surface area (Å²) in [6.45, 7) is 4.83. The summed E-state index contributed by atoms with van der Waals surface area (Å²) in [7, 11) is 0. The van der Waals surface area contributed by atoms with Gasteiger partial charge >= 0.3 is 5.76 Å². The molecule has 2 bridgehead atoms. The molecular weight excluding hydrogens is 475 g/mol. The Balaban J connectivity index is 1.07. The summed E-state index contributed by atoms with van der Waals surface area (Å²) >= 11 is 0. The summed E-state index contributed by atoms with van der Waals surface area (Å²) in [5.41, 5.74) is 5.23. The number of likely N-dealkylation sites (tertiary alicyclic amines) is 1. The van der Waals surface area contributed by atoms with Crippen LogP contribution in [0.4, 0.5) is 27.7 Å². The molecule has 3 aromatic heterocycles. The van der Waals surface area contributed by atoms with Gasteiger partial charge in [-0.25, -0.2) is 19.2 Å². The number of aryl methyl sites for hydroxylation is 1. The Bertz CT molecular complexity index is 1550. The lowest BCUT2D eigenvalue weighted by molar-refractivity contribution is 0.228. The van der Waals surface area contributed by atoms with Crippen molar-refractivity contribution in [2.45, 2.75) is 38.3 Å². The van der Waals surface area contributed by atoms with E-state index in [0.717, 1.165) is 31.0 Å². The van der Waals surface area contributed by atoms with Crippen LogP contribution in [0.1, 0.15) is 24.8 Å². The minimum Gasteiger partial charge on any atom is -0.406 e. The molecule has 11 heteroatoms. The number of nitrogens with zero attached hydrogens (tertiary/aromatic N) is 6. The second-order valence-corrected chi connectivity index (χ2v) is 10.3. The maximum atomic E-state index is 15.2. The molecule has 37 heavy (non-hydrogen) atoms. The quantitative estimate of drug-likeness (QED) is 0.393. The van der Waals surface area contributed by atoms with Gasteiger partial charge in [-0.2, -0.15) is 9.66 Å². The van der Waals surface area contributed by atoms with Gasteiger partial charge in [0.25, 0.3) is 0 Å². The lowest BCUT2D eigenvalue weighted by Gasteiger charge is -2.35. The fourth-order valence-electron chi connectivity index (χ4n) is 5.50. The zero-order valence-corrected chi connectivity index (χ0v) is 20.4. The highest BCUT2D eigenvalue weighted by Crippen LogP contribution is 2.38. The number of rotatable bonds is 7. The number of aromatic nitrogens is 4. The number of hydrogen-bond acceptors (Lipinski definition) is 9.